The van der Waals surface area contributed by atoms with Crippen molar-refractivity contribution in [3.63, 3.8) is 0 Å². The molecule has 2 aliphatic rings. The van der Waals surface area contributed by atoms with Gasteiger partial charge in [0, 0.05) is 37.8 Å². The van der Waals surface area contributed by atoms with Gasteiger partial charge in [-0.15, -0.1) is 0 Å². The highest BCUT2D eigenvalue weighted by Crippen LogP contribution is 2.32. The van der Waals surface area contributed by atoms with Gasteiger partial charge in [-0.25, -0.2) is 0 Å². The van der Waals surface area contributed by atoms with Gasteiger partial charge in [-0.1, -0.05) is 12.5 Å². The van der Waals surface area contributed by atoms with Crippen LogP contribution in [0.3, 0.4) is 0 Å². The molecule has 1 saturated heterocycles. The lowest BCUT2D eigenvalue weighted by Crippen LogP contribution is -2.53. The number of halogens is 3. The van der Waals surface area contributed by atoms with Crippen molar-refractivity contribution in [2.24, 2.45) is 5.73 Å². The summed E-state index contributed by atoms with van der Waals surface area (Å²) in [5, 5.41) is 0. The molecule has 122 valence electrons. The zero-order valence-corrected chi connectivity index (χ0v) is 12.5. The summed E-state index contributed by atoms with van der Waals surface area (Å²) in [5.74, 6) is 0. The Hall–Kier alpha value is -0.640. The first-order valence-corrected chi connectivity index (χ1v) is 8.39. The third kappa shape index (κ3) is 3.58. The fourth-order valence-electron chi connectivity index (χ4n) is 2.78. The predicted molar refractivity (Wildman–Crippen MR) is 72.6 cm³/mol. The minimum Gasteiger partial charge on any atom is -0.329 e. The normalized spacial score (nSPS) is 26.7. The monoisotopic (exact) mass is 327 g/mol. The van der Waals surface area contributed by atoms with E-state index in [0.717, 1.165) is 23.2 Å². The van der Waals surface area contributed by atoms with E-state index in [1.165, 1.54) is 4.31 Å². The van der Waals surface area contributed by atoms with E-state index in [-0.39, 0.29) is 32.1 Å². The largest absolute Gasteiger partial charge is 0.412 e. The Kier molecular flexibility index (Phi) is 4.96. The van der Waals surface area contributed by atoms with Crippen LogP contribution in [0.5, 0.6) is 0 Å². The van der Waals surface area contributed by atoms with Gasteiger partial charge >= 0.3 is 6.18 Å². The molecule has 0 spiro atoms. The highest BCUT2D eigenvalue weighted by atomic mass is 32.2. The van der Waals surface area contributed by atoms with Crippen molar-refractivity contribution in [3.05, 3.63) is 11.6 Å². The first-order valence-electron chi connectivity index (χ1n) is 7.00. The Labute approximate surface area is 122 Å². The molecule has 0 aromatic rings. The molecule has 0 aromatic carbocycles. The lowest BCUT2D eigenvalue weighted by atomic mass is 10.1. The molecule has 2 heterocycles. The number of piperidine rings is 1. The van der Waals surface area contributed by atoms with E-state index in [1.807, 2.05) is 0 Å². The fourth-order valence-corrected chi connectivity index (χ4v) is 4.59. The second-order valence-corrected chi connectivity index (χ2v) is 7.22. The van der Waals surface area contributed by atoms with Gasteiger partial charge < -0.3 is 5.73 Å². The Morgan fingerprint density at radius 3 is 2.52 bits per heavy atom. The zero-order chi connectivity index (χ0) is 15.7. The maximum absolute atomic E-state index is 12.6. The number of alkyl halides is 3. The minimum atomic E-state index is -4.37. The molecular formula is C12H20F3N3O2S. The molecule has 0 radical (unpaired) electrons. The van der Waals surface area contributed by atoms with E-state index in [0.29, 0.717) is 13.0 Å². The molecule has 0 aliphatic carbocycles. The fraction of sp³-hybridized carbons (Fsp3) is 0.833. The first-order chi connectivity index (χ1) is 9.76. The molecule has 1 unspecified atom stereocenters. The van der Waals surface area contributed by atoms with Gasteiger partial charge in [0.1, 0.15) is 0 Å². The lowest BCUT2D eigenvalue weighted by Gasteiger charge is -2.38. The quantitative estimate of drug-likeness (QED) is 0.793. The molecule has 1 atom stereocenters. The van der Waals surface area contributed by atoms with Gasteiger partial charge in [0.2, 0.25) is 0 Å². The van der Waals surface area contributed by atoms with Crippen LogP contribution < -0.4 is 5.73 Å². The van der Waals surface area contributed by atoms with Crippen LogP contribution in [-0.2, 0) is 10.2 Å². The van der Waals surface area contributed by atoms with Crippen molar-refractivity contribution in [2.45, 2.75) is 37.9 Å². The van der Waals surface area contributed by atoms with Crippen molar-refractivity contribution in [3.8, 4) is 0 Å². The average molecular weight is 327 g/mol. The van der Waals surface area contributed by atoms with Crippen molar-refractivity contribution >= 4 is 10.2 Å². The summed E-state index contributed by atoms with van der Waals surface area (Å²) in [6.45, 7) is 0.250. The molecule has 1 fully saturated rings. The molecule has 2 aliphatic heterocycles. The molecule has 2 rings (SSSR count). The minimum absolute atomic E-state index is 0.137. The summed E-state index contributed by atoms with van der Waals surface area (Å²) >= 11 is 0. The van der Waals surface area contributed by atoms with Crippen molar-refractivity contribution in [1.29, 1.82) is 0 Å². The van der Waals surface area contributed by atoms with Gasteiger partial charge in [-0.3, -0.25) is 0 Å². The van der Waals surface area contributed by atoms with Gasteiger partial charge in [0.05, 0.1) is 0 Å². The van der Waals surface area contributed by atoms with E-state index >= 15 is 0 Å². The smallest absolute Gasteiger partial charge is 0.329 e. The molecule has 0 amide bonds. The Balaban J connectivity index is 2.12. The van der Waals surface area contributed by atoms with Crippen LogP contribution in [0.25, 0.3) is 0 Å². The SMILES string of the molecule is NCC1CCCCN1S(=O)(=O)N1CC=C(C(F)(F)F)CC1. The van der Waals surface area contributed by atoms with Crippen LogP contribution in [0, 0.1) is 0 Å². The van der Waals surface area contributed by atoms with Gasteiger partial charge in [-0.05, 0) is 19.3 Å². The maximum Gasteiger partial charge on any atom is 0.412 e. The van der Waals surface area contributed by atoms with Crippen LogP contribution in [0.1, 0.15) is 25.7 Å². The van der Waals surface area contributed by atoms with Crippen LogP contribution in [0.2, 0.25) is 0 Å². The van der Waals surface area contributed by atoms with Crippen LogP contribution >= 0.6 is 0 Å². The van der Waals surface area contributed by atoms with Crippen LogP contribution in [0.15, 0.2) is 11.6 Å². The average Bonchev–Trinajstić information content (AvgIpc) is 2.46. The van der Waals surface area contributed by atoms with Crippen LogP contribution in [0.4, 0.5) is 13.2 Å². The van der Waals surface area contributed by atoms with E-state index in [9.17, 15) is 21.6 Å². The molecule has 0 aromatic heterocycles. The first kappa shape index (κ1) is 16.7. The molecular weight excluding hydrogens is 307 g/mol. The molecule has 9 heteroatoms. The summed E-state index contributed by atoms with van der Waals surface area (Å²) < 4.78 is 65.3. The third-order valence-corrected chi connectivity index (χ3v) is 6.06. The third-order valence-electron chi connectivity index (χ3n) is 4.00. The second kappa shape index (κ2) is 6.23. The van der Waals surface area contributed by atoms with E-state index in [2.05, 4.69) is 0 Å². The summed E-state index contributed by atoms with van der Waals surface area (Å²) in [5.41, 5.74) is 4.96. The number of nitrogens with zero attached hydrogens (tertiary/aromatic N) is 2. The molecule has 21 heavy (non-hydrogen) atoms. The van der Waals surface area contributed by atoms with Crippen molar-refractivity contribution in [2.75, 3.05) is 26.2 Å². The standard InChI is InChI=1S/C12H20F3N3O2S/c13-12(14,15)10-4-7-17(8-5-10)21(19,20)18-6-2-1-3-11(18)9-16/h4,11H,1-3,5-9,16H2. The van der Waals surface area contributed by atoms with E-state index < -0.39 is 22.0 Å². The Bertz CT molecular complexity index is 504. The topological polar surface area (TPSA) is 66.6 Å². The van der Waals surface area contributed by atoms with Gasteiger partial charge in [0.25, 0.3) is 10.2 Å². The van der Waals surface area contributed by atoms with Crippen LogP contribution in [-0.4, -0.2) is 55.4 Å². The maximum atomic E-state index is 12.6. The zero-order valence-electron chi connectivity index (χ0n) is 11.6. The second-order valence-electron chi connectivity index (χ2n) is 5.34. The van der Waals surface area contributed by atoms with E-state index in [1.54, 1.807) is 0 Å². The lowest BCUT2D eigenvalue weighted by molar-refractivity contribution is -0.0954. The van der Waals surface area contributed by atoms with E-state index in [4.69, 9.17) is 5.73 Å². The highest BCUT2D eigenvalue weighted by molar-refractivity contribution is 7.86. The molecule has 0 bridgehead atoms. The summed E-state index contributed by atoms with van der Waals surface area (Å²) in [6, 6.07) is -0.253. The Morgan fingerprint density at radius 1 is 1.29 bits per heavy atom. The Morgan fingerprint density at radius 2 is 2.00 bits per heavy atom. The van der Waals surface area contributed by atoms with Crippen molar-refractivity contribution < 1.29 is 21.6 Å². The number of hydrogen-bond donors (Lipinski definition) is 1. The molecule has 2 N–H and O–H groups in total. The molecule has 5 nitrogen and oxygen atoms in total. The van der Waals surface area contributed by atoms with Gasteiger partial charge in [0.15, 0.2) is 0 Å². The molecule has 0 saturated carbocycles. The number of hydrogen-bond acceptors (Lipinski definition) is 3. The summed E-state index contributed by atoms with van der Waals surface area (Å²) in [6.07, 6.45) is -1.33. The predicted octanol–water partition coefficient (Wildman–Crippen LogP) is 1.24. The van der Waals surface area contributed by atoms with Crippen molar-refractivity contribution in [1.82, 2.24) is 8.61 Å². The summed E-state index contributed by atoms with van der Waals surface area (Å²) in [4.78, 5) is 0. The van der Waals surface area contributed by atoms with Gasteiger partial charge in [-0.2, -0.15) is 30.2 Å². The highest BCUT2D eigenvalue weighted by Gasteiger charge is 2.40. The number of nitrogens with two attached hydrogens (primary N) is 1. The number of rotatable bonds is 3. The summed E-state index contributed by atoms with van der Waals surface area (Å²) in [7, 11) is -3.74.